The lowest BCUT2D eigenvalue weighted by Gasteiger charge is -2.26. The summed E-state index contributed by atoms with van der Waals surface area (Å²) in [7, 11) is -2.34. The zero-order valence-corrected chi connectivity index (χ0v) is 24.8. The number of piperidine rings is 1. The molecule has 220 valence electrons. The minimum absolute atomic E-state index is 0.106. The van der Waals surface area contributed by atoms with Gasteiger partial charge in [0.2, 0.25) is 5.91 Å². The number of nitrogens with zero attached hydrogens (tertiary/aromatic N) is 2. The van der Waals surface area contributed by atoms with Gasteiger partial charge in [-0.15, -0.1) is 0 Å². The van der Waals surface area contributed by atoms with E-state index in [1.807, 2.05) is 42.5 Å². The molecular weight excluding hydrogens is 560 g/mol. The molecule has 1 amide bonds. The smallest absolute Gasteiger partial charge is 0.261 e. The van der Waals surface area contributed by atoms with Crippen molar-refractivity contribution < 1.29 is 17.9 Å². The molecule has 8 nitrogen and oxygen atoms in total. The molecule has 1 fully saturated rings. The van der Waals surface area contributed by atoms with Crippen LogP contribution in [-0.4, -0.2) is 45.1 Å². The summed E-state index contributed by atoms with van der Waals surface area (Å²) >= 11 is 0. The van der Waals surface area contributed by atoms with Gasteiger partial charge in [0.25, 0.3) is 10.0 Å². The maximum absolute atomic E-state index is 13.4. The molecule has 0 aliphatic carbocycles. The number of ether oxygens (including phenoxy) is 1. The lowest BCUT2D eigenvalue weighted by molar-refractivity contribution is -0.115. The van der Waals surface area contributed by atoms with Crippen LogP contribution in [0.2, 0.25) is 0 Å². The van der Waals surface area contributed by atoms with Gasteiger partial charge in [0.1, 0.15) is 11.7 Å². The minimum atomic E-state index is -3.87. The Morgan fingerprint density at radius 1 is 0.930 bits per heavy atom. The standard InChI is InChI=1S/C34H34N4O4S/c1-42-28-15-17-29(18-16-28)43(40,41)37-27-14-19-31-30(22-27)32(34(39)36-31)33(25-8-4-2-5-9-25)35-26-12-10-24(11-13-26)23-38-20-6-3-7-21-38/h2,4-5,8-19,22,32,37H,3,6-7,20-21,23H2,1H3,(H,36,39). The molecule has 0 radical (unpaired) electrons. The first kappa shape index (κ1) is 28.6. The Bertz CT molecular complexity index is 1730. The van der Waals surface area contributed by atoms with Gasteiger partial charge in [-0.05, 0) is 97.2 Å². The zero-order chi connectivity index (χ0) is 29.8. The van der Waals surface area contributed by atoms with Gasteiger partial charge in [-0.25, -0.2) is 8.42 Å². The molecule has 2 aliphatic heterocycles. The van der Waals surface area contributed by atoms with Gasteiger partial charge in [-0.3, -0.25) is 19.4 Å². The number of hydrogen-bond donors (Lipinski definition) is 2. The van der Waals surface area contributed by atoms with Gasteiger partial charge in [-0.2, -0.15) is 0 Å². The third-order valence-electron chi connectivity index (χ3n) is 7.89. The van der Waals surface area contributed by atoms with Gasteiger partial charge in [0.05, 0.1) is 23.4 Å². The van der Waals surface area contributed by atoms with E-state index in [2.05, 4.69) is 27.1 Å². The Balaban J connectivity index is 1.31. The van der Waals surface area contributed by atoms with Gasteiger partial charge in [0, 0.05) is 17.9 Å². The van der Waals surface area contributed by atoms with E-state index < -0.39 is 15.9 Å². The summed E-state index contributed by atoms with van der Waals surface area (Å²) in [5.41, 5.74) is 5.03. The number of anilines is 2. The first-order valence-corrected chi connectivity index (χ1v) is 15.9. The molecule has 2 heterocycles. The Labute approximate surface area is 252 Å². The van der Waals surface area contributed by atoms with E-state index in [9.17, 15) is 13.2 Å². The largest absolute Gasteiger partial charge is 0.497 e. The highest BCUT2D eigenvalue weighted by atomic mass is 32.2. The second kappa shape index (κ2) is 12.4. The maximum atomic E-state index is 13.4. The summed E-state index contributed by atoms with van der Waals surface area (Å²) in [6.45, 7) is 3.18. The third-order valence-corrected chi connectivity index (χ3v) is 9.29. The summed E-state index contributed by atoms with van der Waals surface area (Å²) in [6.07, 6.45) is 3.80. The summed E-state index contributed by atoms with van der Waals surface area (Å²) in [5, 5.41) is 2.96. The van der Waals surface area contributed by atoms with E-state index in [0.29, 0.717) is 28.4 Å². The molecule has 2 N–H and O–H groups in total. The second-order valence-corrected chi connectivity index (χ2v) is 12.6. The predicted octanol–water partition coefficient (Wildman–Crippen LogP) is 6.34. The molecular formula is C34H34N4O4S. The number of aliphatic imine (C=N–C) groups is 1. The van der Waals surface area contributed by atoms with Crippen LogP contribution >= 0.6 is 0 Å². The van der Waals surface area contributed by atoms with Crippen molar-refractivity contribution in [1.29, 1.82) is 0 Å². The van der Waals surface area contributed by atoms with Crippen LogP contribution in [0.15, 0.2) is 107 Å². The molecule has 1 atom stereocenters. The van der Waals surface area contributed by atoms with E-state index >= 15 is 0 Å². The fourth-order valence-corrected chi connectivity index (χ4v) is 6.71. The van der Waals surface area contributed by atoms with Gasteiger partial charge in [-0.1, -0.05) is 48.9 Å². The quantitative estimate of drug-likeness (QED) is 0.220. The number of hydrogen-bond acceptors (Lipinski definition) is 6. The molecule has 6 rings (SSSR count). The van der Waals surface area contributed by atoms with Crippen LogP contribution in [0.25, 0.3) is 0 Å². The number of fused-ring (bicyclic) bond motifs is 1. The Kier molecular flexibility index (Phi) is 8.26. The lowest BCUT2D eigenvalue weighted by atomic mass is 9.90. The van der Waals surface area contributed by atoms with E-state index in [4.69, 9.17) is 9.73 Å². The summed E-state index contributed by atoms with van der Waals surface area (Å²) in [5.74, 6) is -0.376. The van der Waals surface area contributed by atoms with Crippen LogP contribution in [0.1, 0.15) is 41.9 Å². The van der Waals surface area contributed by atoms with E-state index in [1.54, 1.807) is 30.3 Å². The zero-order valence-electron chi connectivity index (χ0n) is 24.0. The summed E-state index contributed by atoms with van der Waals surface area (Å²) < 4.78 is 34.1. The van der Waals surface area contributed by atoms with E-state index in [0.717, 1.165) is 30.9 Å². The van der Waals surface area contributed by atoms with Crippen molar-refractivity contribution in [2.75, 3.05) is 30.2 Å². The third kappa shape index (κ3) is 6.48. The Morgan fingerprint density at radius 3 is 2.35 bits per heavy atom. The van der Waals surface area contributed by atoms with E-state index in [1.165, 1.54) is 44.1 Å². The first-order valence-electron chi connectivity index (χ1n) is 14.5. The average molecular weight is 595 g/mol. The molecule has 2 aliphatic rings. The topological polar surface area (TPSA) is 100 Å². The van der Waals surface area contributed by atoms with Crippen molar-refractivity contribution in [2.24, 2.45) is 4.99 Å². The van der Waals surface area contributed by atoms with Crippen LogP contribution in [0.4, 0.5) is 17.1 Å². The SMILES string of the molecule is COc1ccc(S(=O)(=O)Nc2ccc3c(c2)C(C(=Nc2ccc(CN4CCCCC4)cc2)c2ccccc2)C(=O)N3)cc1. The number of carbonyl (C=O) groups excluding carboxylic acids is 1. The summed E-state index contributed by atoms with van der Waals surface area (Å²) in [4.78, 5) is 21.0. The molecule has 0 bridgehead atoms. The molecule has 43 heavy (non-hydrogen) atoms. The number of carbonyl (C=O) groups is 1. The van der Waals surface area contributed by atoms with Crippen molar-refractivity contribution in [3.63, 3.8) is 0 Å². The number of benzene rings is 4. The van der Waals surface area contributed by atoms with Gasteiger partial charge < -0.3 is 10.1 Å². The number of methoxy groups -OCH3 is 1. The van der Waals surface area contributed by atoms with Crippen molar-refractivity contribution in [1.82, 2.24) is 4.90 Å². The predicted molar refractivity (Wildman–Crippen MR) is 170 cm³/mol. The second-order valence-electron chi connectivity index (χ2n) is 10.9. The maximum Gasteiger partial charge on any atom is 0.261 e. The van der Waals surface area contributed by atoms with Crippen LogP contribution in [-0.2, 0) is 21.4 Å². The highest BCUT2D eigenvalue weighted by molar-refractivity contribution is 7.92. The van der Waals surface area contributed by atoms with Crippen molar-refractivity contribution in [2.45, 2.75) is 36.6 Å². The van der Waals surface area contributed by atoms with Gasteiger partial charge >= 0.3 is 0 Å². The number of likely N-dealkylation sites (tertiary alicyclic amines) is 1. The summed E-state index contributed by atoms with van der Waals surface area (Å²) in [6, 6.07) is 29.1. The molecule has 0 spiro atoms. The molecule has 4 aromatic carbocycles. The monoisotopic (exact) mass is 594 g/mol. The highest BCUT2D eigenvalue weighted by Gasteiger charge is 2.36. The number of sulfonamides is 1. The van der Waals surface area contributed by atoms with Crippen LogP contribution in [0.5, 0.6) is 5.75 Å². The van der Waals surface area contributed by atoms with Crippen LogP contribution in [0, 0.1) is 0 Å². The fraction of sp³-hybridized carbons (Fsp3) is 0.235. The Hall–Kier alpha value is -4.47. The molecule has 9 heteroatoms. The fourth-order valence-electron chi connectivity index (χ4n) is 5.66. The Morgan fingerprint density at radius 2 is 1.65 bits per heavy atom. The molecule has 1 unspecified atom stereocenters. The van der Waals surface area contributed by atoms with Crippen LogP contribution in [0.3, 0.4) is 0 Å². The van der Waals surface area contributed by atoms with Crippen molar-refractivity contribution >= 4 is 38.7 Å². The van der Waals surface area contributed by atoms with Crippen molar-refractivity contribution in [3.05, 3.63) is 114 Å². The average Bonchev–Trinajstić information content (AvgIpc) is 3.36. The number of amides is 1. The normalized spacial score (nSPS) is 17.3. The van der Waals surface area contributed by atoms with E-state index in [-0.39, 0.29) is 10.8 Å². The number of nitrogens with one attached hydrogen (secondary N) is 2. The molecule has 4 aromatic rings. The lowest BCUT2D eigenvalue weighted by Crippen LogP contribution is -2.28. The van der Waals surface area contributed by atoms with Crippen LogP contribution < -0.4 is 14.8 Å². The molecule has 0 aromatic heterocycles. The molecule has 0 saturated carbocycles. The minimum Gasteiger partial charge on any atom is -0.497 e. The van der Waals surface area contributed by atoms with Crippen molar-refractivity contribution in [3.8, 4) is 5.75 Å². The van der Waals surface area contributed by atoms with Gasteiger partial charge in [0.15, 0.2) is 0 Å². The number of rotatable bonds is 9. The highest BCUT2D eigenvalue weighted by Crippen LogP contribution is 2.38. The molecule has 1 saturated heterocycles. The first-order chi connectivity index (χ1) is 20.9.